The molecule has 2 nitrogen and oxygen atoms in total. The van der Waals surface area contributed by atoms with Crippen LogP contribution in [0.4, 0.5) is 0 Å². The number of amides is 1. The van der Waals surface area contributed by atoms with Crippen molar-refractivity contribution in [2.75, 3.05) is 0 Å². The third-order valence-corrected chi connectivity index (χ3v) is 4.55. The minimum absolute atomic E-state index is 0.276. The van der Waals surface area contributed by atoms with Crippen LogP contribution in [0, 0.1) is 0 Å². The number of hydrogen-bond donors (Lipinski definition) is 1. The fourth-order valence-corrected chi connectivity index (χ4v) is 3.41. The van der Waals surface area contributed by atoms with Crippen molar-refractivity contribution in [2.24, 2.45) is 5.73 Å². The number of hydrogen-bond acceptors (Lipinski definition) is 1. The molecule has 0 saturated carbocycles. The molecular formula is C22H21NO. The van der Waals surface area contributed by atoms with Crippen LogP contribution < -0.4 is 5.73 Å². The van der Waals surface area contributed by atoms with Crippen molar-refractivity contribution < 1.29 is 4.79 Å². The van der Waals surface area contributed by atoms with E-state index in [1.807, 2.05) is 54.6 Å². The molecule has 1 amide bonds. The van der Waals surface area contributed by atoms with Gasteiger partial charge >= 0.3 is 0 Å². The standard InChI is InChI=1S/C22H21NO/c23-21(24)16-17-22(18-10-4-1-5-11-18,19-12-6-2-7-13-19)20-14-8-3-9-15-20/h1-15H,16-17H2,(H2,23,24). The predicted molar refractivity (Wildman–Crippen MR) is 97.6 cm³/mol. The van der Waals surface area contributed by atoms with Crippen molar-refractivity contribution >= 4 is 5.91 Å². The predicted octanol–water partition coefficient (Wildman–Crippen LogP) is 4.29. The van der Waals surface area contributed by atoms with Gasteiger partial charge in [-0.25, -0.2) is 0 Å². The van der Waals surface area contributed by atoms with Crippen LogP contribution in [-0.2, 0) is 10.2 Å². The summed E-state index contributed by atoms with van der Waals surface area (Å²) in [7, 11) is 0. The molecule has 0 atom stereocenters. The molecular weight excluding hydrogens is 294 g/mol. The molecule has 0 saturated heterocycles. The molecule has 0 bridgehead atoms. The lowest BCUT2D eigenvalue weighted by Gasteiger charge is -2.36. The summed E-state index contributed by atoms with van der Waals surface area (Å²) in [4.78, 5) is 11.6. The molecule has 24 heavy (non-hydrogen) atoms. The van der Waals surface area contributed by atoms with Crippen molar-refractivity contribution in [3.05, 3.63) is 108 Å². The molecule has 0 aromatic heterocycles. The van der Waals surface area contributed by atoms with E-state index in [1.54, 1.807) is 0 Å². The summed E-state index contributed by atoms with van der Waals surface area (Å²) >= 11 is 0. The van der Waals surface area contributed by atoms with Gasteiger partial charge in [0, 0.05) is 11.8 Å². The molecule has 2 N–H and O–H groups in total. The molecule has 3 rings (SSSR count). The number of rotatable bonds is 6. The van der Waals surface area contributed by atoms with Gasteiger partial charge in [-0.1, -0.05) is 91.0 Å². The Morgan fingerprint density at radius 1 is 0.667 bits per heavy atom. The second-order valence-corrected chi connectivity index (χ2v) is 5.97. The maximum absolute atomic E-state index is 11.6. The highest BCUT2D eigenvalue weighted by atomic mass is 16.1. The lowest BCUT2D eigenvalue weighted by Crippen LogP contribution is -2.31. The van der Waals surface area contributed by atoms with E-state index in [0.717, 1.165) is 0 Å². The van der Waals surface area contributed by atoms with E-state index in [2.05, 4.69) is 36.4 Å². The molecule has 2 heteroatoms. The summed E-state index contributed by atoms with van der Waals surface area (Å²) in [6, 6.07) is 31.0. The highest BCUT2D eigenvalue weighted by Crippen LogP contribution is 2.42. The molecule has 0 fully saturated rings. The van der Waals surface area contributed by atoms with Gasteiger partial charge in [-0.2, -0.15) is 0 Å². The minimum Gasteiger partial charge on any atom is -0.370 e. The quantitative estimate of drug-likeness (QED) is 0.678. The average Bonchev–Trinajstić information content (AvgIpc) is 2.65. The van der Waals surface area contributed by atoms with Crippen LogP contribution in [0.5, 0.6) is 0 Å². The van der Waals surface area contributed by atoms with Gasteiger partial charge in [0.2, 0.25) is 5.91 Å². The first kappa shape index (κ1) is 16.0. The van der Waals surface area contributed by atoms with E-state index in [1.165, 1.54) is 16.7 Å². The first-order valence-electron chi connectivity index (χ1n) is 8.18. The summed E-state index contributed by atoms with van der Waals surface area (Å²) in [5.74, 6) is -0.276. The monoisotopic (exact) mass is 315 g/mol. The number of carbonyl (C=O) groups is 1. The van der Waals surface area contributed by atoms with E-state index < -0.39 is 5.41 Å². The Kier molecular flexibility index (Phi) is 4.76. The molecule has 0 radical (unpaired) electrons. The SMILES string of the molecule is NC(=O)CCC(c1ccccc1)(c1ccccc1)c1ccccc1. The van der Waals surface area contributed by atoms with Crippen LogP contribution >= 0.6 is 0 Å². The Morgan fingerprint density at radius 2 is 1.00 bits per heavy atom. The summed E-state index contributed by atoms with van der Waals surface area (Å²) in [6.45, 7) is 0. The van der Waals surface area contributed by atoms with Gasteiger partial charge in [-0.3, -0.25) is 4.79 Å². The zero-order valence-corrected chi connectivity index (χ0v) is 13.6. The average molecular weight is 315 g/mol. The van der Waals surface area contributed by atoms with E-state index >= 15 is 0 Å². The van der Waals surface area contributed by atoms with E-state index in [-0.39, 0.29) is 5.91 Å². The summed E-state index contributed by atoms with van der Waals surface area (Å²) < 4.78 is 0. The highest BCUT2D eigenvalue weighted by molar-refractivity contribution is 5.74. The Hall–Kier alpha value is -2.87. The van der Waals surface area contributed by atoms with Gasteiger partial charge in [-0.15, -0.1) is 0 Å². The Labute approximate surface area is 143 Å². The Morgan fingerprint density at radius 3 is 1.29 bits per heavy atom. The van der Waals surface area contributed by atoms with Crippen LogP contribution in [-0.4, -0.2) is 5.91 Å². The van der Waals surface area contributed by atoms with Crippen LogP contribution in [0.25, 0.3) is 0 Å². The topological polar surface area (TPSA) is 43.1 Å². The van der Waals surface area contributed by atoms with E-state index in [4.69, 9.17) is 5.73 Å². The fourth-order valence-electron chi connectivity index (χ4n) is 3.41. The largest absolute Gasteiger partial charge is 0.370 e. The van der Waals surface area contributed by atoms with Crippen molar-refractivity contribution in [3.63, 3.8) is 0 Å². The lowest BCUT2D eigenvalue weighted by atomic mass is 9.67. The highest BCUT2D eigenvalue weighted by Gasteiger charge is 2.36. The number of primary amides is 1. The molecule has 0 spiro atoms. The maximum Gasteiger partial charge on any atom is 0.217 e. The Balaban J connectivity index is 2.26. The molecule has 3 aromatic carbocycles. The third kappa shape index (κ3) is 3.09. The zero-order chi connectivity index (χ0) is 16.8. The molecule has 0 aliphatic rings. The van der Waals surface area contributed by atoms with Gasteiger partial charge in [-0.05, 0) is 23.1 Å². The van der Waals surface area contributed by atoms with Gasteiger partial charge in [0.25, 0.3) is 0 Å². The van der Waals surface area contributed by atoms with Crippen LogP contribution in [0.1, 0.15) is 29.5 Å². The second kappa shape index (κ2) is 7.14. The van der Waals surface area contributed by atoms with Crippen LogP contribution in [0.3, 0.4) is 0 Å². The summed E-state index contributed by atoms with van der Waals surface area (Å²) in [5, 5.41) is 0. The van der Waals surface area contributed by atoms with Crippen molar-refractivity contribution in [2.45, 2.75) is 18.3 Å². The van der Waals surface area contributed by atoms with Crippen LogP contribution in [0.15, 0.2) is 91.0 Å². The normalized spacial score (nSPS) is 11.2. The first-order chi connectivity index (χ1) is 11.7. The number of carbonyl (C=O) groups excluding carboxylic acids is 1. The second-order valence-electron chi connectivity index (χ2n) is 5.97. The molecule has 0 unspecified atom stereocenters. The van der Waals surface area contributed by atoms with Gasteiger partial charge in [0.1, 0.15) is 0 Å². The zero-order valence-electron chi connectivity index (χ0n) is 13.6. The first-order valence-corrected chi connectivity index (χ1v) is 8.18. The molecule has 3 aromatic rings. The third-order valence-electron chi connectivity index (χ3n) is 4.55. The molecule has 0 heterocycles. The van der Waals surface area contributed by atoms with Crippen molar-refractivity contribution in [1.82, 2.24) is 0 Å². The lowest BCUT2D eigenvalue weighted by molar-refractivity contribution is -0.118. The van der Waals surface area contributed by atoms with Gasteiger partial charge in [0.05, 0.1) is 0 Å². The minimum atomic E-state index is -0.390. The number of nitrogens with two attached hydrogens (primary N) is 1. The summed E-state index contributed by atoms with van der Waals surface area (Å²) in [6.07, 6.45) is 0.971. The summed E-state index contributed by atoms with van der Waals surface area (Å²) in [5.41, 5.74) is 8.62. The molecule has 120 valence electrons. The fraction of sp³-hybridized carbons (Fsp3) is 0.136. The van der Waals surface area contributed by atoms with Crippen LogP contribution in [0.2, 0.25) is 0 Å². The Bertz CT molecular complexity index is 685. The smallest absolute Gasteiger partial charge is 0.217 e. The maximum atomic E-state index is 11.6. The molecule has 0 aliphatic carbocycles. The van der Waals surface area contributed by atoms with Crippen molar-refractivity contribution in [3.8, 4) is 0 Å². The van der Waals surface area contributed by atoms with E-state index in [9.17, 15) is 4.79 Å². The van der Waals surface area contributed by atoms with E-state index in [0.29, 0.717) is 12.8 Å². The van der Waals surface area contributed by atoms with Gasteiger partial charge < -0.3 is 5.73 Å². The number of benzene rings is 3. The molecule has 0 aliphatic heterocycles. The van der Waals surface area contributed by atoms with Gasteiger partial charge in [0.15, 0.2) is 0 Å². The van der Waals surface area contributed by atoms with Crippen molar-refractivity contribution in [1.29, 1.82) is 0 Å².